The molecule has 1 fully saturated rings. The van der Waals surface area contributed by atoms with E-state index < -0.39 is 0 Å². The molecule has 2 N–H and O–H groups in total. The molecule has 8 nitrogen and oxygen atoms in total. The number of hydrogen-bond donors (Lipinski definition) is 2. The van der Waals surface area contributed by atoms with Gasteiger partial charge in [0.15, 0.2) is 0 Å². The normalized spacial score (nSPS) is 15.5. The third kappa shape index (κ3) is 6.65. The zero-order valence-corrected chi connectivity index (χ0v) is 21.2. The van der Waals surface area contributed by atoms with Crippen molar-refractivity contribution in [1.82, 2.24) is 15.2 Å². The Labute approximate surface area is 207 Å². The van der Waals surface area contributed by atoms with Crippen molar-refractivity contribution in [1.29, 1.82) is 0 Å². The second kappa shape index (κ2) is 12.4. The molecule has 2 heterocycles. The zero-order chi connectivity index (χ0) is 25.4. The second-order valence-corrected chi connectivity index (χ2v) is 8.98. The molecule has 0 radical (unpaired) electrons. The summed E-state index contributed by atoms with van der Waals surface area (Å²) in [6.45, 7) is 7.51. The van der Waals surface area contributed by atoms with Crippen molar-refractivity contribution in [2.75, 3.05) is 33.4 Å². The van der Waals surface area contributed by atoms with Crippen LogP contribution in [-0.4, -0.2) is 61.0 Å². The van der Waals surface area contributed by atoms with Crippen molar-refractivity contribution in [3.63, 3.8) is 0 Å². The third-order valence-electron chi connectivity index (χ3n) is 6.69. The molecule has 35 heavy (non-hydrogen) atoms. The van der Waals surface area contributed by atoms with Crippen LogP contribution in [-0.2, 0) is 27.2 Å². The number of nitrogens with zero attached hydrogens (tertiary/aromatic N) is 1. The van der Waals surface area contributed by atoms with Crippen LogP contribution in [0.25, 0.3) is 0 Å². The number of para-hydroxylation sites is 1. The number of aromatic amines is 1. The molecule has 0 spiro atoms. The molecule has 1 aromatic carbocycles. The monoisotopic (exact) mass is 483 g/mol. The number of aryl methyl sites for hydroxylation is 1. The lowest BCUT2D eigenvalue weighted by molar-refractivity contribution is -0.135. The summed E-state index contributed by atoms with van der Waals surface area (Å²) >= 11 is 0. The maximum atomic E-state index is 13.0. The molecule has 2 amide bonds. The third-order valence-corrected chi connectivity index (χ3v) is 6.69. The van der Waals surface area contributed by atoms with E-state index in [4.69, 9.17) is 9.47 Å². The number of carbonyl (C=O) groups is 3. The minimum absolute atomic E-state index is 0.00574. The van der Waals surface area contributed by atoms with Gasteiger partial charge in [0.1, 0.15) is 11.4 Å². The number of rotatable bonds is 10. The van der Waals surface area contributed by atoms with E-state index in [0.717, 1.165) is 41.0 Å². The standard InChI is InChI=1S/C27H37N3O5/c1-5-35-27(33)25-18(2)22(19(3)29-25)12-13-24(31)30-16-8-10-21(17-30)26(32)28-15-14-20-9-6-7-11-23(20)34-4/h6-7,9,11,21,29H,5,8,10,12-17H2,1-4H3,(H,28,32). The molecule has 3 rings (SSSR count). The number of ether oxygens (including phenoxy) is 2. The highest BCUT2D eigenvalue weighted by molar-refractivity contribution is 5.90. The molecule has 2 aromatic rings. The molecule has 1 aromatic heterocycles. The summed E-state index contributed by atoms with van der Waals surface area (Å²) in [6.07, 6.45) is 3.16. The van der Waals surface area contributed by atoms with Crippen molar-refractivity contribution in [3.05, 3.63) is 52.3 Å². The van der Waals surface area contributed by atoms with Crippen molar-refractivity contribution in [2.45, 2.75) is 52.9 Å². The summed E-state index contributed by atoms with van der Waals surface area (Å²) in [7, 11) is 1.64. The van der Waals surface area contributed by atoms with Crippen molar-refractivity contribution in [3.8, 4) is 5.75 Å². The minimum Gasteiger partial charge on any atom is -0.496 e. The van der Waals surface area contributed by atoms with Gasteiger partial charge >= 0.3 is 5.97 Å². The van der Waals surface area contributed by atoms with Crippen LogP contribution in [0.3, 0.4) is 0 Å². The van der Waals surface area contributed by atoms with Crippen molar-refractivity contribution in [2.24, 2.45) is 5.92 Å². The number of piperidine rings is 1. The van der Waals surface area contributed by atoms with Crippen LogP contribution < -0.4 is 10.1 Å². The Balaban J connectivity index is 1.50. The predicted octanol–water partition coefficient (Wildman–Crippen LogP) is 3.35. The lowest BCUT2D eigenvalue weighted by Gasteiger charge is -2.32. The molecule has 190 valence electrons. The maximum Gasteiger partial charge on any atom is 0.355 e. The maximum absolute atomic E-state index is 13.0. The second-order valence-electron chi connectivity index (χ2n) is 8.98. The summed E-state index contributed by atoms with van der Waals surface area (Å²) in [5.74, 6) is 0.277. The summed E-state index contributed by atoms with van der Waals surface area (Å²) < 4.78 is 10.5. The number of carbonyl (C=O) groups excluding carboxylic acids is 3. The molecular formula is C27H37N3O5. The van der Waals surface area contributed by atoms with Gasteiger partial charge in [0.2, 0.25) is 11.8 Å². The molecule has 8 heteroatoms. The van der Waals surface area contributed by atoms with Gasteiger partial charge in [-0.05, 0) is 69.2 Å². The number of nitrogens with one attached hydrogen (secondary N) is 2. The van der Waals surface area contributed by atoms with Gasteiger partial charge in [-0.2, -0.15) is 0 Å². The summed E-state index contributed by atoms with van der Waals surface area (Å²) in [4.78, 5) is 42.8. The minimum atomic E-state index is -0.374. The quantitative estimate of drug-likeness (QED) is 0.505. The largest absolute Gasteiger partial charge is 0.496 e. The van der Waals surface area contributed by atoms with Gasteiger partial charge in [0.05, 0.1) is 19.6 Å². The Kier molecular flexibility index (Phi) is 9.34. The first-order chi connectivity index (χ1) is 16.8. The van der Waals surface area contributed by atoms with E-state index >= 15 is 0 Å². The Hall–Kier alpha value is -3.29. The number of H-pyrrole nitrogens is 1. The van der Waals surface area contributed by atoms with E-state index in [-0.39, 0.29) is 23.7 Å². The first-order valence-corrected chi connectivity index (χ1v) is 12.4. The molecular weight excluding hydrogens is 446 g/mol. The van der Waals surface area contributed by atoms with Crippen LogP contribution in [0.4, 0.5) is 0 Å². The topological polar surface area (TPSA) is 101 Å². The molecule has 1 aliphatic heterocycles. The molecule has 1 aliphatic rings. The van der Waals surface area contributed by atoms with Gasteiger partial charge in [-0.15, -0.1) is 0 Å². The molecule has 1 saturated heterocycles. The first kappa shape index (κ1) is 26.3. The SMILES string of the molecule is CCOC(=O)c1[nH]c(C)c(CCC(=O)N2CCCC(C(=O)NCCc3ccccc3OC)C2)c1C. The number of methoxy groups -OCH3 is 1. The Morgan fingerprint density at radius 3 is 2.69 bits per heavy atom. The molecule has 0 aliphatic carbocycles. The lowest BCUT2D eigenvalue weighted by Crippen LogP contribution is -2.45. The number of benzene rings is 1. The molecule has 1 unspecified atom stereocenters. The highest BCUT2D eigenvalue weighted by Crippen LogP contribution is 2.23. The van der Waals surface area contributed by atoms with E-state index in [1.54, 1.807) is 18.9 Å². The molecule has 0 saturated carbocycles. The van der Waals surface area contributed by atoms with Crippen LogP contribution in [0.5, 0.6) is 5.75 Å². The Morgan fingerprint density at radius 2 is 1.94 bits per heavy atom. The van der Waals surface area contributed by atoms with Crippen LogP contribution in [0.15, 0.2) is 24.3 Å². The number of esters is 1. The van der Waals surface area contributed by atoms with Crippen LogP contribution in [0.1, 0.15) is 59.1 Å². The van der Waals surface area contributed by atoms with E-state index in [9.17, 15) is 14.4 Å². The van der Waals surface area contributed by atoms with Crippen molar-refractivity contribution >= 4 is 17.8 Å². The molecule has 0 bridgehead atoms. The highest BCUT2D eigenvalue weighted by atomic mass is 16.5. The van der Waals surface area contributed by atoms with Gasteiger partial charge in [0, 0.05) is 31.7 Å². The van der Waals surface area contributed by atoms with Crippen LogP contribution >= 0.6 is 0 Å². The first-order valence-electron chi connectivity index (χ1n) is 12.4. The van der Waals surface area contributed by atoms with Crippen molar-refractivity contribution < 1.29 is 23.9 Å². The number of hydrogen-bond acceptors (Lipinski definition) is 5. The Morgan fingerprint density at radius 1 is 1.17 bits per heavy atom. The number of amides is 2. The number of likely N-dealkylation sites (tertiary alicyclic amines) is 1. The average molecular weight is 484 g/mol. The molecule has 1 atom stereocenters. The van der Waals surface area contributed by atoms with Gasteiger partial charge < -0.3 is 24.7 Å². The fraction of sp³-hybridized carbons (Fsp3) is 0.519. The number of aromatic nitrogens is 1. The summed E-state index contributed by atoms with van der Waals surface area (Å²) in [6, 6.07) is 7.79. The van der Waals surface area contributed by atoms with Gasteiger partial charge in [-0.3, -0.25) is 9.59 Å². The van der Waals surface area contributed by atoms with Gasteiger partial charge in [-0.25, -0.2) is 4.79 Å². The zero-order valence-electron chi connectivity index (χ0n) is 21.2. The van der Waals surface area contributed by atoms with Gasteiger partial charge in [0.25, 0.3) is 0 Å². The van der Waals surface area contributed by atoms with E-state index in [2.05, 4.69) is 10.3 Å². The highest BCUT2D eigenvalue weighted by Gasteiger charge is 2.28. The van der Waals surface area contributed by atoms with Crippen LogP contribution in [0.2, 0.25) is 0 Å². The van der Waals surface area contributed by atoms with E-state index in [1.807, 2.05) is 38.1 Å². The summed E-state index contributed by atoms with van der Waals surface area (Å²) in [5, 5.41) is 3.03. The predicted molar refractivity (Wildman–Crippen MR) is 134 cm³/mol. The Bertz CT molecular complexity index is 1050. The van der Waals surface area contributed by atoms with E-state index in [1.165, 1.54) is 0 Å². The lowest BCUT2D eigenvalue weighted by atomic mass is 9.96. The van der Waals surface area contributed by atoms with Gasteiger partial charge in [-0.1, -0.05) is 18.2 Å². The fourth-order valence-electron chi connectivity index (χ4n) is 4.75. The smallest absolute Gasteiger partial charge is 0.355 e. The van der Waals surface area contributed by atoms with Crippen LogP contribution in [0, 0.1) is 19.8 Å². The fourth-order valence-corrected chi connectivity index (χ4v) is 4.75. The average Bonchev–Trinajstić information content (AvgIpc) is 3.16. The van der Waals surface area contributed by atoms with E-state index in [0.29, 0.717) is 51.2 Å². The summed E-state index contributed by atoms with van der Waals surface area (Å²) in [5.41, 5.74) is 4.19.